The highest BCUT2D eigenvalue weighted by Gasteiger charge is 2.07. The van der Waals surface area contributed by atoms with Crippen LogP contribution >= 0.6 is 0 Å². The van der Waals surface area contributed by atoms with E-state index >= 15 is 0 Å². The average molecular weight is 281 g/mol. The van der Waals surface area contributed by atoms with Gasteiger partial charge >= 0.3 is 0 Å². The highest BCUT2D eigenvalue weighted by Crippen LogP contribution is 2.17. The zero-order chi connectivity index (χ0) is 14.8. The molecular formula is C15H12FN5. The molecule has 0 aliphatic heterocycles. The highest BCUT2D eigenvalue weighted by atomic mass is 19.1. The van der Waals surface area contributed by atoms with Crippen LogP contribution in [0.2, 0.25) is 0 Å². The maximum Gasteiger partial charge on any atom is 0.152 e. The van der Waals surface area contributed by atoms with Crippen molar-refractivity contribution in [2.45, 2.75) is 13.5 Å². The Balaban J connectivity index is 1.88. The van der Waals surface area contributed by atoms with E-state index in [1.54, 1.807) is 16.9 Å². The van der Waals surface area contributed by atoms with Gasteiger partial charge in [0.05, 0.1) is 17.3 Å². The minimum Gasteiger partial charge on any atom is -0.364 e. The summed E-state index contributed by atoms with van der Waals surface area (Å²) in [6.45, 7) is 2.14. The fourth-order valence-corrected chi connectivity index (χ4v) is 2.14. The van der Waals surface area contributed by atoms with Gasteiger partial charge in [0.25, 0.3) is 0 Å². The first-order valence-electron chi connectivity index (χ1n) is 6.41. The Bertz CT molecular complexity index is 847. The summed E-state index contributed by atoms with van der Waals surface area (Å²) in [5, 5.41) is 16.2. The van der Waals surface area contributed by atoms with Crippen molar-refractivity contribution in [1.82, 2.24) is 14.6 Å². The minimum atomic E-state index is -0.349. The Morgan fingerprint density at radius 1 is 1.38 bits per heavy atom. The SMILES string of the molecule is Cc1cc2c(NCc3cc(C#N)ccc3F)nccn2n1. The maximum absolute atomic E-state index is 13.7. The summed E-state index contributed by atoms with van der Waals surface area (Å²) in [4.78, 5) is 4.25. The van der Waals surface area contributed by atoms with Gasteiger partial charge in [0.1, 0.15) is 11.3 Å². The third kappa shape index (κ3) is 2.54. The van der Waals surface area contributed by atoms with Crippen molar-refractivity contribution in [2.75, 3.05) is 5.32 Å². The van der Waals surface area contributed by atoms with E-state index in [1.807, 2.05) is 19.1 Å². The molecule has 2 aromatic heterocycles. The molecule has 1 N–H and O–H groups in total. The number of nitrogens with zero attached hydrogens (tertiary/aromatic N) is 4. The third-order valence-electron chi connectivity index (χ3n) is 3.13. The quantitative estimate of drug-likeness (QED) is 0.801. The Kier molecular flexibility index (Phi) is 3.24. The van der Waals surface area contributed by atoms with Gasteiger partial charge < -0.3 is 5.32 Å². The number of aryl methyl sites for hydroxylation is 1. The van der Waals surface area contributed by atoms with Crippen LogP contribution < -0.4 is 5.32 Å². The van der Waals surface area contributed by atoms with Gasteiger partial charge in [-0.15, -0.1) is 0 Å². The molecule has 6 heteroatoms. The summed E-state index contributed by atoms with van der Waals surface area (Å²) < 4.78 is 15.5. The van der Waals surface area contributed by atoms with E-state index in [9.17, 15) is 4.39 Å². The largest absolute Gasteiger partial charge is 0.364 e. The Morgan fingerprint density at radius 3 is 3.05 bits per heavy atom. The number of nitriles is 1. The molecule has 0 amide bonds. The molecular weight excluding hydrogens is 269 g/mol. The number of aromatic nitrogens is 3. The predicted octanol–water partition coefficient (Wildman–Crippen LogP) is 2.66. The molecule has 0 unspecified atom stereocenters. The molecule has 3 rings (SSSR count). The maximum atomic E-state index is 13.7. The molecule has 0 saturated heterocycles. The molecule has 0 radical (unpaired) electrons. The predicted molar refractivity (Wildman–Crippen MR) is 76.2 cm³/mol. The van der Waals surface area contributed by atoms with Crippen molar-refractivity contribution in [1.29, 1.82) is 5.26 Å². The van der Waals surface area contributed by atoms with Crippen molar-refractivity contribution in [2.24, 2.45) is 0 Å². The van der Waals surface area contributed by atoms with Crippen LogP contribution in [0, 0.1) is 24.1 Å². The van der Waals surface area contributed by atoms with Crippen LogP contribution in [0.1, 0.15) is 16.8 Å². The van der Waals surface area contributed by atoms with Crippen LogP contribution in [-0.4, -0.2) is 14.6 Å². The summed E-state index contributed by atoms with van der Waals surface area (Å²) in [6, 6.07) is 8.19. The number of fused-ring (bicyclic) bond motifs is 1. The fraction of sp³-hybridized carbons (Fsp3) is 0.133. The molecule has 0 spiro atoms. The van der Waals surface area contributed by atoms with E-state index in [0.29, 0.717) is 16.9 Å². The lowest BCUT2D eigenvalue weighted by atomic mass is 10.1. The van der Waals surface area contributed by atoms with E-state index in [0.717, 1.165) is 11.2 Å². The normalized spacial score (nSPS) is 10.5. The molecule has 1 aromatic carbocycles. The second-order valence-corrected chi connectivity index (χ2v) is 4.66. The molecule has 104 valence electrons. The van der Waals surface area contributed by atoms with E-state index < -0.39 is 0 Å². The lowest BCUT2D eigenvalue weighted by Crippen LogP contribution is -2.05. The molecule has 2 heterocycles. The van der Waals surface area contributed by atoms with E-state index in [-0.39, 0.29) is 12.4 Å². The van der Waals surface area contributed by atoms with Gasteiger partial charge in [-0.3, -0.25) is 0 Å². The van der Waals surface area contributed by atoms with Crippen LogP contribution in [0.15, 0.2) is 36.7 Å². The van der Waals surface area contributed by atoms with Crippen LogP contribution in [0.3, 0.4) is 0 Å². The van der Waals surface area contributed by atoms with Crippen molar-refractivity contribution in [3.63, 3.8) is 0 Å². The Labute approximate surface area is 120 Å². The summed E-state index contributed by atoms with van der Waals surface area (Å²) in [5.74, 6) is 0.276. The number of benzene rings is 1. The zero-order valence-corrected chi connectivity index (χ0v) is 11.3. The molecule has 0 bridgehead atoms. The van der Waals surface area contributed by atoms with Crippen LogP contribution in [0.25, 0.3) is 5.52 Å². The molecule has 0 fully saturated rings. The highest BCUT2D eigenvalue weighted by molar-refractivity contribution is 5.67. The number of hydrogen-bond acceptors (Lipinski definition) is 4. The molecule has 0 saturated carbocycles. The molecule has 21 heavy (non-hydrogen) atoms. The van der Waals surface area contributed by atoms with Crippen molar-refractivity contribution in [3.05, 3.63) is 59.3 Å². The number of anilines is 1. The molecule has 5 nitrogen and oxygen atoms in total. The van der Waals surface area contributed by atoms with Crippen molar-refractivity contribution < 1.29 is 4.39 Å². The van der Waals surface area contributed by atoms with E-state index in [4.69, 9.17) is 5.26 Å². The summed E-state index contributed by atoms with van der Waals surface area (Å²) >= 11 is 0. The number of nitrogens with one attached hydrogen (secondary N) is 1. The molecule has 0 aliphatic rings. The molecule has 0 atom stereocenters. The monoisotopic (exact) mass is 281 g/mol. The van der Waals surface area contributed by atoms with Gasteiger partial charge in [0.2, 0.25) is 0 Å². The Morgan fingerprint density at radius 2 is 2.24 bits per heavy atom. The molecule has 3 aromatic rings. The number of rotatable bonds is 3. The fourth-order valence-electron chi connectivity index (χ4n) is 2.14. The number of halogens is 1. The van der Waals surface area contributed by atoms with Crippen LogP contribution in [-0.2, 0) is 6.54 Å². The van der Waals surface area contributed by atoms with Crippen LogP contribution in [0.5, 0.6) is 0 Å². The van der Waals surface area contributed by atoms with Gasteiger partial charge in [-0.1, -0.05) is 0 Å². The molecule has 0 aliphatic carbocycles. The average Bonchev–Trinajstić information content (AvgIpc) is 2.87. The van der Waals surface area contributed by atoms with Crippen LogP contribution in [0.4, 0.5) is 10.2 Å². The summed E-state index contributed by atoms with van der Waals surface area (Å²) in [6.07, 6.45) is 3.38. The second-order valence-electron chi connectivity index (χ2n) is 4.66. The topological polar surface area (TPSA) is 66.0 Å². The van der Waals surface area contributed by atoms with Gasteiger partial charge in [-0.2, -0.15) is 10.4 Å². The van der Waals surface area contributed by atoms with E-state index in [1.165, 1.54) is 18.2 Å². The number of hydrogen-bond donors (Lipinski definition) is 1. The lowest BCUT2D eigenvalue weighted by molar-refractivity contribution is 0.612. The summed E-state index contributed by atoms with van der Waals surface area (Å²) in [5.41, 5.74) is 2.56. The summed E-state index contributed by atoms with van der Waals surface area (Å²) in [7, 11) is 0. The van der Waals surface area contributed by atoms with Gasteiger partial charge in [0.15, 0.2) is 5.82 Å². The minimum absolute atomic E-state index is 0.248. The van der Waals surface area contributed by atoms with Crippen molar-refractivity contribution >= 4 is 11.3 Å². The first-order chi connectivity index (χ1) is 10.2. The zero-order valence-electron chi connectivity index (χ0n) is 11.3. The standard InChI is InChI=1S/C15H12FN5/c1-10-6-14-15(18-4-5-21(14)20-10)19-9-12-7-11(8-17)2-3-13(12)16/h2-7H,9H2,1H3,(H,18,19). The lowest BCUT2D eigenvalue weighted by Gasteiger charge is -2.08. The van der Waals surface area contributed by atoms with Gasteiger partial charge in [-0.05, 0) is 31.2 Å². The van der Waals surface area contributed by atoms with E-state index in [2.05, 4.69) is 15.4 Å². The first-order valence-corrected chi connectivity index (χ1v) is 6.41. The Hall–Kier alpha value is -2.94. The van der Waals surface area contributed by atoms with Crippen molar-refractivity contribution in [3.8, 4) is 6.07 Å². The first kappa shape index (κ1) is 13.1. The smallest absolute Gasteiger partial charge is 0.152 e. The van der Waals surface area contributed by atoms with Gasteiger partial charge in [0, 0.05) is 24.5 Å². The second kappa shape index (κ2) is 5.21. The van der Waals surface area contributed by atoms with Gasteiger partial charge in [-0.25, -0.2) is 13.9 Å². The third-order valence-corrected chi connectivity index (χ3v) is 3.13.